The van der Waals surface area contributed by atoms with Crippen LogP contribution in [0.4, 0.5) is 18.9 Å². The number of hydrogen-bond donors (Lipinski definition) is 1. The highest BCUT2D eigenvalue weighted by Crippen LogP contribution is 2.32. The number of carbonyl (C=O) groups excluding carboxylic acids is 1. The lowest BCUT2D eigenvalue weighted by molar-refractivity contribution is -0.116. The van der Waals surface area contributed by atoms with Crippen molar-refractivity contribution < 1.29 is 22.7 Å². The summed E-state index contributed by atoms with van der Waals surface area (Å²) in [5, 5.41) is 7.88. The van der Waals surface area contributed by atoms with Gasteiger partial charge in [0.15, 0.2) is 17.3 Å². The van der Waals surface area contributed by atoms with E-state index in [1.807, 2.05) is 13.8 Å². The van der Waals surface area contributed by atoms with Gasteiger partial charge < -0.3 is 10.1 Å². The number of aromatic nitrogens is 3. The van der Waals surface area contributed by atoms with Gasteiger partial charge in [-0.15, -0.1) is 0 Å². The maximum atomic E-state index is 13.8. The molecule has 0 saturated carbocycles. The van der Waals surface area contributed by atoms with Crippen LogP contribution in [0.15, 0.2) is 42.5 Å². The fourth-order valence-electron chi connectivity index (χ4n) is 3.82. The molecular weight excluding hydrogens is 433 g/mol. The monoisotopic (exact) mass is 454 g/mol. The summed E-state index contributed by atoms with van der Waals surface area (Å²) in [6.45, 7) is 3.72. The van der Waals surface area contributed by atoms with E-state index in [9.17, 15) is 18.0 Å². The van der Waals surface area contributed by atoms with E-state index >= 15 is 0 Å². The first-order valence-electron chi connectivity index (χ1n) is 10.2. The van der Waals surface area contributed by atoms with E-state index in [0.717, 1.165) is 28.6 Å². The predicted octanol–water partition coefficient (Wildman–Crippen LogP) is 5.03. The maximum Gasteiger partial charge on any atom is 0.224 e. The van der Waals surface area contributed by atoms with Crippen LogP contribution < -0.4 is 10.1 Å². The minimum absolute atomic E-state index is 0.0699. The van der Waals surface area contributed by atoms with Crippen LogP contribution in [0, 0.1) is 31.3 Å². The van der Waals surface area contributed by atoms with Gasteiger partial charge in [0, 0.05) is 29.1 Å². The van der Waals surface area contributed by atoms with Crippen LogP contribution in [-0.2, 0) is 11.2 Å². The molecule has 0 unspecified atom stereocenters. The Kier molecular flexibility index (Phi) is 6.04. The molecule has 2 heterocycles. The van der Waals surface area contributed by atoms with Gasteiger partial charge in [0.25, 0.3) is 0 Å². The number of hydrogen-bond acceptors (Lipinski definition) is 4. The number of amides is 1. The number of fused-ring (bicyclic) bond motifs is 1. The molecule has 0 spiro atoms. The van der Waals surface area contributed by atoms with E-state index < -0.39 is 11.6 Å². The standard InChI is InChI=1S/C24H21F3N4O2/c1-13-18(8-10-21(32)28-16-7-9-19(26)20(27)12-16)24(33-3)29-23-22(13)14(2)30-31(23)17-6-4-5-15(25)11-17/h4-7,9,11-12H,8,10H2,1-3H3,(H,28,32). The molecule has 170 valence electrons. The van der Waals surface area contributed by atoms with Gasteiger partial charge in [0.2, 0.25) is 11.8 Å². The molecule has 33 heavy (non-hydrogen) atoms. The zero-order valence-corrected chi connectivity index (χ0v) is 18.2. The van der Waals surface area contributed by atoms with Crippen molar-refractivity contribution in [2.75, 3.05) is 12.4 Å². The van der Waals surface area contributed by atoms with Crippen LogP contribution >= 0.6 is 0 Å². The van der Waals surface area contributed by atoms with Crippen molar-refractivity contribution in [1.82, 2.24) is 14.8 Å². The summed E-state index contributed by atoms with van der Waals surface area (Å²) in [6, 6.07) is 9.22. The van der Waals surface area contributed by atoms with Gasteiger partial charge in [0.05, 0.1) is 18.5 Å². The Hall–Kier alpha value is -3.88. The van der Waals surface area contributed by atoms with E-state index in [0.29, 0.717) is 29.3 Å². The van der Waals surface area contributed by atoms with Crippen molar-refractivity contribution in [3.63, 3.8) is 0 Å². The second-order valence-corrected chi connectivity index (χ2v) is 7.58. The summed E-state index contributed by atoms with van der Waals surface area (Å²) in [5.74, 6) is -2.44. The molecule has 4 aromatic rings. The van der Waals surface area contributed by atoms with Crippen molar-refractivity contribution in [2.45, 2.75) is 26.7 Å². The molecule has 1 N–H and O–H groups in total. The van der Waals surface area contributed by atoms with Crippen LogP contribution in [0.25, 0.3) is 16.7 Å². The summed E-state index contributed by atoms with van der Waals surface area (Å²) in [6.07, 6.45) is 0.374. The highest BCUT2D eigenvalue weighted by molar-refractivity contribution is 5.91. The summed E-state index contributed by atoms with van der Waals surface area (Å²) < 4.78 is 47.3. The first-order chi connectivity index (χ1) is 15.8. The first kappa shape index (κ1) is 22.3. The topological polar surface area (TPSA) is 69.0 Å². The van der Waals surface area contributed by atoms with Crippen molar-refractivity contribution in [3.05, 3.63) is 76.7 Å². The molecule has 0 aliphatic rings. The molecule has 0 fully saturated rings. The third-order valence-corrected chi connectivity index (χ3v) is 5.38. The number of aryl methyl sites for hydroxylation is 2. The zero-order chi connectivity index (χ0) is 23.7. The largest absolute Gasteiger partial charge is 0.481 e. The normalized spacial score (nSPS) is 11.1. The lowest BCUT2D eigenvalue weighted by Crippen LogP contribution is -2.13. The fourth-order valence-corrected chi connectivity index (χ4v) is 3.82. The Morgan fingerprint density at radius 2 is 1.88 bits per heavy atom. The number of halogens is 3. The van der Waals surface area contributed by atoms with E-state index in [2.05, 4.69) is 15.4 Å². The SMILES string of the molecule is COc1nc2c(c(C)nn2-c2cccc(F)c2)c(C)c1CCC(=O)Nc1ccc(F)c(F)c1. The van der Waals surface area contributed by atoms with E-state index in [1.165, 1.54) is 25.3 Å². The van der Waals surface area contributed by atoms with Gasteiger partial charge in [-0.2, -0.15) is 10.1 Å². The summed E-state index contributed by atoms with van der Waals surface area (Å²) >= 11 is 0. The molecule has 4 rings (SSSR count). The molecular formula is C24H21F3N4O2. The minimum Gasteiger partial charge on any atom is -0.481 e. The quantitative estimate of drug-likeness (QED) is 0.444. The maximum absolute atomic E-state index is 13.8. The Balaban J connectivity index is 1.64. The zero-order valence-electron chi connectivity index (χ0n) is 18.2. The molecule has 1 amide bonds. The number of pyridine rings is 1. The van der Waals surface area contributed by atoms with Crippen LogP contribution in [0.3, 0.4) is 0 Å². The van der Waals surface area contributed by atoms with Gasteiger partial charge in [-0.1, -0.05) is 6.07 Å². The second-order valence-electron chi connectivity index (χ2n) is 7.58. The molecule has 6 nitrogen and oxygen atoms in total. The molecule has 0 bridgehead atoms. The van der Waals surface area contributed by atoms with Crippen molar-refractivity contribution in [1.29, 1.82) is 0 Å². The summed E-state index contributed by atoms with van der Waals surface area (Å²) in [7, 11) is 1.48. The van der Waals surface area contributed by atoms with Gasteiger partial charge in [0.1, 0.15) is 5.82 Å². The van der Waals surface area contributed by atoms with E-state index in [4.69, 9.17) is 4.74 Å². The molecule has 0 atom stereocenters. The number of nitrogens with zero attached hydrogens (tertiary/aromatic N) is 3. The summed E-state index contributed by atoms with van der Waals surface area (Å²) in [4.78, 5) is 17.0. The summed E-state index contributed by atoms with van der Waals surface area (Å²) in [5.41, 5.74) is 3.49. The van der Waals surface area contributed by atoms with Crippen LogP contribution in [0.2, 0.25) is 0 Å². The third kappa shape index (κ3) is 4.39. The van der Waals surface area contributed by atoms with Gasteiger partial charge >= 0.3 is 0 Å². The number of nitrogens with one attached hydrogen (secondary N) is 1. The Morgan fingerprint density at radius 3 is 2.58 bits per heavy atom. The molecule has 0 aliphatic heterocycles. The molecule has 0 aliphatic carbocycles. The Bertz CT molecular complexity index is 1370. The van der Waals surface area contributed by atoms with Crippen molar-refractivity contribution >= 4 is 22.6 Å². The number of benzene rings is 2. The van der Waals surface area contributed by atoms with Crippen molar-refractivity contribution in [2.24, 2.45) is 0 Å². The first-order valence-corrected chi connectivity index (χ1v) is 10.2. The lowest BCUT2D eigenvalue weighted by Gasteiger charge is -2.13. The number of ether oxygens (including phenoxy) is 1. The predicted molar refractivity (Wildman–Crippen MR) is 118 cm³/mol. The average Bonchev–Trinajstić information content (AvgIpc) is 3.12. The van der Waals surface area contributed by atoms with Gasteiger partial charge in [-0.25, -0.2) is 17.9 Å². The Morgan fingerprint density at radius 1 is 1.09 bits per heavy atom. The smallest absolute Gasteiger partial charge is 0.224 e. The number of anilines is 1. The van der Waals surface area contributed by atoms with Gasteiger partial charge in [-0.05, 0) is 56.2 Å². The molecule has 2 aromatic heterocycles. The molecule has 0 saturated heterocycles. The van der Waals surface area contributed by atoms with Crippen LogP contribution in [0.1, 0.15) is 23.2 Å². The third-order valence-electron chi connectivity index (χ3n) is 5.38. The minimum atomic E-state index is -1.04. The molecule has 9 heteroatoms. The molecule has 2 aromatic carbocycles. The van der Waals surface area contributed by atoms with Crippen molar-refractivity contribution in [3.8, 4) is 11.6 Å². The highest BCUT2D eigenvalue weighted by Gasteiger charge is 2.20. The lowest BCUT2D eigenvalue weighted by atomic mass is 10.0. The number of rotatable bonds is 6. The van der Waals surface area contributed by atoms with Gasteiger partial charge in [-0.3, -0.25) is 4.79 Å². The number of carbonyl (C=O) groups is 1. The average molecular weight is 454 g/mol. The second kappa shape index (κ2) is 8.93. The van der Waals surface area contributed by atoms with E-state index in [-0.39, 0.29) is 23.8 Å². The van der Waals surface area contributed by atoms with E-state index in [1.54, 1.807) is 16.8 Å². The number of methoxy groups -OCH3 is 1. The fraction of sp³-hybridized carbons (Fsp3) is 0.208. The van der Waals surface area contributed by atoms with Crippen LogP contribution in [0.5, 0.6) is 5.88 Å². The highest BCUT2D eigenvalue weighted by atomic mass is 19.2. The molecule has 0 radical (unpaired) electrons. The Labute approximate surface area is 188 Å². The van der Waals surface area contributed by atoms with Crippen LogP contribution in [-0.4, -0.2) is 27.8 Å².